The molecule has 0 amide bonds. The van der Waals surface area contributed by atoms with Crippen LogP contribution < -0.4 is 0 Å². The molecule has 0 aliphatic carbocycles. The first-order valence-corrected chi connectivity index (χ1v) is 17.6. The Kier molecular flexibility index (Phi) is 15.7. The maximum atomic E-state index is 11.4. The van der Waals surface area contributed by atoms with E-state index in [4.69, 9.17) is 42.6 Å². The lowest BCUT2D eigenvalue weighted by Crippen LogP contribution is -2.66. The lowest BCUT2D eigenvalue weighted by atomic mass is 9.96. The minimum Gasteiger partial charge on any atom is -0.394 e. The van der Waals surface area contributed by atoms with Crippen molar-refractivity contribution in [1.29, 1.82) is 0 Å². The molecule has 56 heavy (non-hydrogen) atoms. The molecule has 0 radical (unpaired) electrons. The highest BCUT2D eigenvalue weighted by atomic mass is 16.8. The summed E-state index contributed by atoms with van der Waals surface area (Å²) in [5, 5.41) is 176. The maximum Gasteiger partial charge on any atom is 0.224 e. The second-order valence-corrected chi connectivity index (χ2v) is 14.1. The van der Waals surface area contributed by atoms with Crippen molar-refractivity contribution < 1.29 is 129 Å². The lowest BCUT2D eigenvalue weighted by molar-refractivity contribution is -0.410. The highest BCUT2D eigenvalue weighted by Crippen LogP contribution is 2.39. The van der Waals surface area contributed by atoms with Gasteiger partial charge in [-0.05, 0) is 0 Å². The summed E-state index contributed by atoms with van der Waals surface area (Å²) in [4.78, 5) is 0. The molecule has 17 N–H and O–H groups in total. The molecule has 0 aromatic carbocycles. The highest BCUT2D eigenvalue weighted by Gasteiger charge is 2.60. The van der Waals surface area contributed by atoms with Crippen LogP contribution in [0.15, 0.2) is 0 Å². The zero-order valence-corrected chi connectivity index (χ0v) is 29.3. The van der Waals surface area contributed by atoms with Gasteiger partial charge in [-0.3, -0.25) is 0 Å². The molecule has 5 saturated heterocycles. The SMILES string of the molecule is OCC1OC(OCC2OC(OC3(COC4OC(CO)C(O)C(O)C4O)OC(CO)C(O)C3O)C(O)C(O)C2OC2OC(CO)C(O)C(O)C2O)C(O)C(O)C1O. The van der Waals surface area contributed by atoms with E-state index in [9.17, 15) is 86.8 Å². The minimum atomic E-state index is -2.70. The minimum absolute atomic E-state index is 0.843. The fourth-order valence-electron chi connectivity index (χ4n) is 6.89. The Labute approximate surface area is 316 Å². The summed E-state index contributed by atoms with van der Waals surface area (Å²) in [5.74, 6) is -2.70. The van der Waals surface area contributed by atoms with Gasteiger partial charge in [0, 0.05) is 0 Å². The second-order valence-electron chi connectivity index (χ2n) is 14.1. The summed E-state index contributed by atoms with van der Waals surface area (Å²) in [6, 6.07) is 0. The summed E-state index contributed by atoms with van der Waals surface area (Å²) in [5.41, 5.74) is 0. The maximum absolute atomic E-state index is 11.4. The van der Waals surface area contributed by atoms with Crippen LogP contribution in [0.25, 0.3) is 0 Å². The zero-order valence-electron chi connectivity index (χ0n) is 29.3. The molecule has 5 fully saturated rings. The van der Waals surface area contributed by atoms with E-state index in [0.29, 0.717) is 0 Å². The first-order valence-electron chi connectivity index (χ1n) is 17.6. The molecule has 0 aromatic heterocycles. The Hall–Kier alpha value is -1.04. The molecule has 0 bridgehead atoms. The van der Waals surface area contributed by atoms with Gasteiger partial charge >= 0.3 is 0 Å². The topological polar surface area (TPSA) is 427 Å². The first kappa shape index (κ1) is 46.0. The number of ether oxygens (including phenoxy) is 9. The third-order valence-corrected chi connectivity index (χ3v) is 10.4. The zero-order chi connectivity index (χ0) is 41.4. The third-order valence-electron chi connectivity index (χ3n) is 10.4. The van der Waals surface area contributed by atoms with Crippen molar-refractivity contribution >= 4 is 0 Å². The molecule has 5 heterocycles. The second kappa shape index (κ2) is 19.1. The molecule has 26 nitrogen and oxygen atoms in total. The van der Waals surface area contributed by atoms with E-state index in [1.807, 2.05) is 0 Å². The summed E-state index contributed by atoms with van der Waals surface area (Å²) in [6.07, 6.45) is -43.3. The van der Waals surface area contributed by atoms with Crippen LogP contribution in [0.4, 0.5) is 0 Å². The Bertz CT molecular complexity index is 1220. The van der Waals surface area contributed by atoms with E-state index >= 15 is 0 Å². The van der Waals surface area contributed by atoms with Crippen LogP contribution in [0.3, 0.4) is 0 Å². The standard InChI is InChI=1S/C30H52O26/c31-1-7-12(35)16(39)20(43)26(50-7)48-5-11-24(54-28-22(45)18(41)14(37)9(3-33)52-28)19(42)23(46)29(53-11)56-30(25(47)15(38)10(4-34)55-30)6-49-27-21(44)17(40)13(36)8(2-32)51-27/h7-29,31-47H,1-6H2. The van der Waals surface area contributed by atoms with Gasteiger partial charge in [-0.1, -0.05) is 0 Å². The number of rotatable bonds is 14. The molecule has 5 rings (SSSR count). The van der Waals surface area contributed by atoms with E-state index in [-0.39, 0.29) is 0 Å². The first-order chi connectivity index (χ1) is 26.4. The molecule has 0 aromatic rings. The fourth-order valence-corrected chi connectivity index (χ4v) is 6.89. The van der Waals surface area contributed by atoms with Crippen molar-refractivity contribution in [2.45, 2.75) is 147 Å². The van der Waals surface area contributed by atoms with Crippen LogP contribution >= 0.6 is 0 Å². The molecule has 0 saturated carbocycles. The van der Waals surface area contributed by atoms with E-state index in [0.717, 1.165) is 0 Å². The Morgan fingerprint density at radius 1 is 0.393 bits per heavy atom. The van der Waals surface area contributed by atoms with Gasteiger partial charge in [-0.2, -0.15) is 0 Å². The molecular formula is C30H52O26. The molecular weight excluding hydrogens is 776 g/mol. The molecule has 0 spiro atoms. The predicted octanol–water partition coefficient (Wildman–Crippen LogP) is -11.9. The Morgan fingerprint density at radius 2 is 0.804 bits per heavy atom. The van der Waals surface area contributed by atoms with Gasteiger partial charge in [-0.15, -0.1) is 0 Å². The fraction of sp³-hybridized carbons (Fsp3) is 1.00. The van der Waals surface area contributed by atoms with E-state index in [2.05, 4.69) is 0 Å². The molecule has 24 atom stereocenters. The van der Waals surface area contributed by atoms with E-state index < -0.39 is 187 Å². The van der Waals surface area contributed by atoms with E-state index in [1.165, 1.54) is 0 Å². The number of hydrogen-bond donors (Lipinski definition) is 17. The van der Waals surface area contributed by atoms with Crippen LogP contribution in [0, 0.1) is 0 Å². The van der Waals surface area contributed by atoms with Gasteiger partial charge in [0.15, 0.2) is 25.2 Å². The van der Waals surface area contributed by atoms with Crippen molar-refractivity contribution in [1.82, 2.24) is 0 Å². The summed E-state index contributed by atoms with van der Waals surface area (Å²) >= 11 is 0. The lowest BCUT2D eigenvalue weighted by Gasteiger charge is -2.48. The third kappa shape index (κ3) is 9.01. The Morgan fingerprint density at radius 3 is 1.27 bits per heavy atom. The average Bonchev–Trinajstić information content (AvgIpc) is 3.43. The monoisotopic (exact) mass is 828 g/mol. The molecule has 5 aliphatic heterocycles. The van der Waals surface area contributed by atoms with E-state index in [1.54, 1.807) is 0 Å². The van der Waals surface area contributed by atoms with Crippen LogP contribution in [0.5, 0.6) is 0 Å². The number of hydrogen-bond acceptors (Lipinski definition) is 26. The summed E-state index contributed by atoms with van der Waals surface area (Å²) in [7, 11) is 0. The number of aliphatic hydroxyl groups is 17. The largest absolute Gasteiger partial charge is 0.394 e. The van der Waals surface area contributed by atoms with Gasteiger partial charge in [0.25, 0.3) is 0 Å². The predicted molar refractivity (Wildman–Crippen MR) is 167 cm³/mol. The van der Waals surface area contributed by atoms with Crippen LogP contribution in [-0.4, -0.2) is 273 Å². The summed E-state index contributed by atoms with van der Waals surface area (Å²) < 4.78 is 50.0. The van der Waals surface area contributed by atoms with Gasteiger partial charge < -0.3 is 129 Å². The summed E-state index contributed by atoms with van der Waals surface area (Å²) in [6.45, 7) is -5.49. The number of aliphatic hydroxyl groups excluding tert-OH is 17. The quantitative estimate of drug-likeness (QED) is 0.0773. The molecule has 328 valence electrons. The highest BCUT2D eigenvalue weighted by molar-refractivity contribution is 5.01. The molecule has 5 aliphatic rings. The average molecular weight is 829 g/mol. The van der Waals surface area contributed by atoms with Gasteiger partial charge in [0.05, 0.1) is 33.0 Å². The molecule has 26 heteroatoms. The smallest absolute Gasteiger partial charge is 0.224 e. The van der Waals surface area contributed by atoms with Crippen LogP contribution in [0.1, 0.15) is 0 Å². The van der Waals surface area contributed by atoms with Gasteiger partial charge in [0.2, 0.25) is 5.79 Å². The van der Waals surface area contributed by atoms with Gasteiger partial charge in [-0.25, -0.2) is 0 Å². The Balaban J connectivity index is 1.42. The van der Waals surface area contributed by atoms with Crippen molar-refractivity contribution in [3.05, 3.63) is 0 Å². The van der Waals surface area contributed by atoms with Gasteiger partial charge in [0.1, 0.15) is 123 Å². The molecule has 24 unspecified atom stereocenters. The van der Waals surface area contributed by atoms with Crippen molar-refractivity contribution in [3.8, 4) is 0 Å². The van der Waals surface area contributed by atoms with Crippen molar-refractivity contribution in [3.63, 3.8) is 0 Å². The van der Waals surface area contributed by atoms with Crippen LogP contribution in [-0.2, 0) is 42.6 Å². The normalized spacial score (nSPS) is 53.0. The van der Waals surface area contributed by atoms with Crippen molar-refractivity contribution in [2.75, 3.05) is 39.6 Å². The van der Waals surface area contributed by atoms with Crippen molar-refractivity contribution in [2.24, 2.45) is 0 Å². The van der Waals surface area contributed by atoms with Crippen LogP contribution in [0.2, 0.25) is 0 Å².